The van der Waals surface area contributed by atoms with Crippen LogP contribution in [0.25, 0.3) is 0 Å². The van der Waals surface area contributed by atoms with Gasteiger partial charge in [-0.25, -0.2) is 4.79 Å². The minimum Gasteiger partial charge on any atom is -0.486 e. The summed E-state index contributed by atoms with van der Waals surface area (Å²) in [7, 11) is 0. The molecule has 0 bridgehead atoms. The molecule has 0 radical (unpaired) electrons. The summed E-state index contributed by atoms with van der Waals surface area (Å²) in [5.74, 6) is -0.476. The quantitative estimate of drug-likeness (QED) is 0.448. The first-order valence-corrected chi connectivity index (χ1v) is 5.33. The molecule has 0 saturated carbocycles. The highest BCUT2D eigenvalue weighted by Crippen LogP contribution is 2.30. The Bertz CT molecular complexity index is 452. The first kappa shape index (κ1) is 11.4. The van der Waals surface area contributed by atoms with Crippen molar-refractivity contribution in [3.8, 4) is 11.5 Å². The van der Waals surface area contributed by atoms with Crippen molar-refractivity contribution >= 4 is 11.8 Å². The van der Waals surface area contributed by atoms with Crippen molar-refractivity contribution in [1.82, 2.24) is 0 Å². The number of carbonyl (C=O) groups excluding carboxylic acids is 2. The standard InChI is InChI=1S/C12H12O5/c1-2-15-12(14)11(13)8-3-4-9-10(7-8)17-6-5-16-9/h3-4,7H,2,5-6H2,1H3. The van der Waals surface area contributed by atoms with Gasteiger partial charge in [0.2, 0.25) is 0 Å². The van der Waals surface area contributed by atoms with E-state index < -0.39 is 11.8 Å². The summed E-state index contributed by atoms with van der Waals surface area (Å²) in [6, 6.07) is 4.63. The van der Waals surface area contributed by atoms with E-state index in [1.54, 1.807) is 13.0 Å². The summed E-state index contributed by atoms with van der Waals surface area (Å²) < 4.78 is 15.3. The molecule has 0 N–H and O–H groups in total. The minimum absolute atomic E-state index is 0.176. The third-order valence-corrected chi connectivity index (χ3v) is 2.27. The Morgan fingerprint density at radius 2 is 1.94 bits per heavy atom. The number of fused-ring (bicyclic) bond motifs is 1. The highest BCUT2D eigenvalue weighted by Gasteiger charge is 2.20. The predicted molar refractivity (Wildman–Crippen MR) is 58.4 cm³/mol. The monoisotopic (exact) mass is 236 g/mol. The van der Waals surface area contributed by atoms with E-state index >= 15 is 0 Å². The van der Waals surface area contributed by atoms with E-state index in [2.05, 4.69) is 4.74 Å². The SMILES string of the molecule is CCOC(=O)C(=O)c1ccc2c(c1)OCCO2. The molecule has 0 fully saturated rings. The van der Waals surface area contributed by atoms with Gasteiger partial charge in [-0.2, -0.15) is 0 Å². The van der Waals surface area contributed by atoms with Gasteiger partial charge in [0.15, 0.2) is 11.5 Å². The molecule has 0 spiro atoms. The zero-order valence-corrected chi connectivity index (χ0v) is 9.39. The van der Waals surface area contributed by atoms with Gasteiger partial charge in [-0.05, 0) is 25.1 Å². The molecule has 1 aromatic carbocycles. The van der Waals surface area contributed by atoms with Crippen molar-refractivity contribution in [2.45, 2.75) is 6.92 Å². The Hall–Kier alpha value is -2.04. The van der Waals surface area contributed by atoms with Crippen LogP contribution in [0.3, 0.4) is 0 Å². The zero-order valence-electron chi connectivity index (χ0n) is 9.39. The van der Waals surface area contributed by atoms with Crippen LogP contribution in [0, 0.1) is 0 Å². The lowest BCUT2D eigenvalue weighted by atomic mass is 10.1. The van der Waals surface area contributed by atoms with Gasteiger partial charge in [-0.1, -0.05) is 0 Å². The van der Waals surface area contributed by atoms with Crippen molar-refractivity contribution < 1.29 is 23.8 Å². The molecule has 90 valence electrons. The van der Waals surface area contributed by atoms with E-state index in [9.17, 15) is 9.59 Å². The third-order valence-electron chi connectivity index (χ3n) is 2.27. The summed E-state index contributed by atoms with van der Waals surface area (Å²) in [4.78, 5) is 22.9. The molecule has 5 heteroatoms. The number of benzene rings is 1. The molecule has 0 saturated heterocycles. The molecule has 5 nitrogen and oxygen atoms in total. The number of rotatable bonds is 3. The second kappa shape index (κ2) is 4.86. The number of ether oxygens (including phenoxy) is 3. The maximum atomic E-state index is 11.6. The fourth-order valence-corrected chi connectivity index (χ4v) is 1.50. The number of carbonyl (C=O) groups is 2. The molecule has 1 aromatic rings. The van der Waals surface area contributed by atoms with Gasteiger partial charge < -0.3 is 14.2 Å². The molecule has 1 aliphatic heterocycles. The Labute approximate surface area is 98.3 Å². The molecule has 0 unspecified atom stereocenters. The number of ketones is 1. The predicted octanol–water partition coefficient (Wildman–Crippen LogP) is 1.20. The topological polar surface area (TPSA) is 61.8 Å². The van der Waals surface area contributed by atoms with Gasteiger partial charge in [0, 0.05) is 5.56 Å². The number of hydrogen-bond donors (Lipinski definition) is 0. The second-order valence-electron chi connectivity index (χ2n) is 3.41. The van der Waals surface area contributed by atoms with Crippen molar-refractivity contribution in [2.75, 3.05) is 19.8 Å². The van der Waals surface area contributed by atoms with E-state index in [4.69, 9.17) is 9.47 Å². The first-order chi connectivity index (χ1) is 8.22. The van der Waals surface area contributed by atoms with E-state index in [-0.39, 0.29) is 12.2 Å². The Morgan fingerprint density at radius 3 is 2.65 bits per heavy atom. The van der Waals surface area contributed by atoms with Gasteiger partial charge in [0.05, 0.1) is 6.61 Å². The van der Waals surface area contributed by atoms with Gasteiger partial charge in [0.25, 0.3) is 5.78 Å². The molecule has 2 rings (SSSR count). The van der Waals surface area contributed by atoms with Crippen molar-refractivity contribution in [3.05, 3.63) is 23.8 Å². The van der Waals surface area contributed by atoms with Crippen LogP contribution in [0.4, 0.5) is 0 Å². The molecular formula is C12H12O5. The molecule has 1 heterocycles. The van der Waals surface area contributed by atoms with Crippen LogP contribution < -0.4 is 9.47 Å². The number of hydrogen-bond acceptors (Lipinski definition) is 5. The van der Waals surface area contributed by atoms with Crippen LogP contribution in [-0.2, 0) is 9.53 Å². The first-order valence-electron chi connectivity index (χ1n) is 5.33. The summed E-state index contributed by atoms with van der Waals surface area (Å²) in [5.41, 5.74) is 0.243. The highest BCUT2D eigenvalue weighted by molar-refractivity contribution is 6.40. The average Bonchev–Trinajstić information content (AvgIpc) is 2.37. The maximum Gasteiger partial charge on any atom is 0.379 e. The summed E-state index contributed by atoms with van der Waals surface area (Å²) >= 11 is 0. The van der Waals surface area contributed by atoms with Gasteiger partial charge in [-0.15, -0.1) is 0 Å². The van der Waals surface area contributed by atoms with E-state index in [0.717, 1.165) is 0 Å². The average molecular weight is 236 g/mol. The minimum atomic E-state index is -0.857. The van der Waals surface area contributed by atoms with Gasteiger partial charge in [-0.3, -0.25) is 4.79 Å². The Balaban J connectivity index is 2.22. The van der Waals surface area contributed by atoms with Crippen LogP contribution in [0.2, 0.25) is 0 Å². The molecule has 0 aliphatic carbocycles. The lowest BCUT2D eigenvalue weighted by molar-refractivity contribution is -0.137. The summed E-state index contributed by atoms with van der Waals surface area (Å²) in [6.07, 6.45) is 0. The van der Waals surface area contributed by atoms with Crippen molar-refractivity contribution in [2.24, 2.45) is 0 Å². The molecule has 1 aliphatic rings. The van der Waals surface area contributed by atoms with Gasteiger partial charge >= 0.3 is 5.97 Å². The fourth-order valence-electron chi connectivity index (χ4n) is 1.50. The number of esters is 1. The smallest absolute Gasteiger partial charge is 0.379 e. The Morgan fingerprint density at radius 1 is 1.24 bits per heavy atom. The third kappa shape index (κ3) is 2.38. The summed E-state index contributed by atoms with van der Waals surface area (Å²) in [5, 5.41) is 0. The number of Topliss-reactive ketones (excluding diaryl/α,β-unsaturated/α-hetero) is 1. The lowest BCUT2D eigenvalue weighted by Gasteiger charge is -2.18. The fraction of sp³-hybridized carbons (Fsp3) is 0.333. The zero-order chi connectivity index (χ0) is 12.3. The summed E-state index contributed by atoms with van der Waals surface area (Å²) in [6.45, 7) is 2.74. The maximum absolute atomic E-state index is 11.6. The van der Waals surface area contributed by atoms with Crippen molar-refractivity contribution in [3.63, 3.8) is 0 Å². The Kier molecular flexibility index (Phi) is 3.27. The van der Waals surface area contributed by atoms with Crippen LogP contribution in [0.15, 0.2) is 18.2 Å². The molecular weight excluding hydrogens is 224 g/mol. The largest absolute Gasteiger partial charge is 0.486 e. The molecule has 0 amide bonds. The molecule has 17 heavy (non-hydrogen) atoms. The van der Waals surface area contributed by atoms with Crippen LogP contribution >= 0.6 is 0 Å². The second-order valence-corrected chi connectivity index (χ2v) is 3.41. The van der Waals surface area contributed by atoms with Crippen LogP contribution in [0.1, 0.15) is 17.3 Å². The van der Waals surface area contributed by atoms with Crippen LogP contribution in [-0.4, -0.2) is 31.6 Å². The van der Waals surface area contributed by atoms with Crippen molar-refractivity contribution in [1.29, 1.82) is 0 Å². The van der Waals surface area contributed by atoms with Crippen LogP contribution in [0.5, 0.6) is 11.5 Å². The molecule has 0 aromatic heterocycles. The van der Waals surface area contributed by atoms with E-state index in [1.165, 1.54) is 12.1 Å². The molecule has 0 atom stereocenters. The van der Waals surface area contributed by atoms with E-state index in [1.807, 2.05) is 0 Å². The normalized spacial score (nSPS) is 13.0. The van der Waals surface area contributed by atoms with E-state index in [0.29, 0.717) is 24.7 Å². The van der Waals surface area contributed by atoms with Gasteiger partial charge in [0.1, 0.15) is 13.2 Å². The highest BCUT2D eigenvalue weighted by atomic mass is 16.6. The lowest BCUT2D eigenvalue weighted by Crippen LogP contribution is -2.19.